The van der Waals surface area contributed by atoms with E-state index in [9.17, 15) is 19.7 Å². The number of hydrogen-bond donors (Lipinski definition) is 2. The Labute approximate surface area is 87.5 Å². The first-order valence-corrected chi connectivity index (χ1v) is 4.52. The van der Waals surface area contributed by atoms with Crippen molar-refractivity contribution in [2.24, 2.45) is 0 Å². The molecule has 0 fully saturated rings. The fraction of sp³-hybridized carbons (Fsp3) is 0.143. The standard InChI is InChI=1S/C7H6N2O5S/c1-3(10)8-4-2-5(9(13)14)15-6(4)7(11)12/h2H,1H3,(H,8,10)(H,11,12). The fourth-order valence-corrected chi connectivity index (χ4v) is 1.68. The number of amides is 1. The summed E-state index contributed by atoms with van der Waals surface area (Å²) in [7, 11) is 0. The summed E-state index contributed by atoms with van der Waals surface area (Å²) in [6.45, 7) is 1.19. The smallest absolute Gasteiger partial charge is 0.348 e. The van der Waals surface area contributed by atoms with Crippen LogP contribution in [0.1, 0.15) is 16.6 Å². The van der Waals surface area contributed by atoms with Gasteiger partial charge in [0.1, 0.15) is 4.88 Å². The minimum absolute atomic E-state index is 0.0494. The van der Waals surface area contributed by atoms with Gasteiger partial charge < -0.3 is 10.4 Å². The molecule has 8 heteroatoms. The molecule has 0 radical (unpaired) electrons. The predicted molar refractivity (Wildman–Crippen MR) is 52.2 cm³/mol. The Kier molecular flexibility index (Phi) is 3.00. The number of aromatic carboxylic acids is 1. The number of rotatable bonds is 3. The van der Waals surface area contributed by atoms with Gasteiger partial charge in [-0.1, -0.05) is 11.3 Å². The van der Waals surface area contributed by atoms with Crippen LogP contribution in [0.3, 0.4) is 0 Å². The first-order valence-electron chi connectivity index (χ1n) is 3.71. The van der Waals surface area contributed by atoms with Crippen molar-refractivity contribution in [2.45, 2.75) is 6.92 Å². The van der Waals surface area contributed by atoms with Gasteiger partial charge in [0.2, 0.25) is 5.91 Å². The largest absolute Gasteiger partial charge is 0.477 e. The lowest BCUT2D eigenvalue weighted by atomic mass is 10.4. The van der Waals surface area contributed by atoms with E-state index in [1.165, 1.54) is 6.92 Å². The van der Waals surface area contributed by atoms with Crippen LogP contribution in [0.5, 0.6) is 0 Å². The summed E-state index contributed by atoms with van der Waals surface area (Å²) in [5, 5.41) is 21.0. The van der Waals surface area contributed by atoms with E-state index in [0.717, 1.165) is 6.07 Å². The van der Waals surface area contributed by atoms with Crippen molar-refractivity contribution < 1.29 is 19.6 Å². The zero-order chi connectivity index (χ0) is 11.6. The molecule has 15 heavy (non-hydrogen) atoms. The lowest BCUT2D eigenvalue weighted by Gasteiger charge is -1.97. The van der Waals surface area contributed by atoms with Gasteiger partial charge in [0.05, 0.1) is 16.7 Å². The fourth-order valence-electron chi connectivity index (χ4n) is 0.909. The van der Waals surface area contributed by atoms with Gasteiger partial charge in [-0.15, -0.1) is 0 Å². The Morgan fingerprint density at radius 3 is 2.60 bits per heavy atom. The topological polar surface area (TPSA) is 110 Å². The van der Waals surface area contributed by atoms with Crippen LogP contribution in [0, 0.1) is 10.1 Å². The highest BCUT2D eigenvalue weighted by atomic mass is 32.1. The molecule has 1 amide bonds. The number of nitrogens with zero attached hydrogens (tertiary/aromatic N) is 1. The summed E-state index contributed by atoms with van der Waals surface area (Å²) in [6.07, 6.45) is 0. The maximum absolute atomic E-state index is 10.7. The summed E-state index contributed by atoms with van der Waals surface area (Å²) in [4.78, 5) is 30.8. The number of carbonyl (C=O) groups is 2. The maximum atomic E-state index is 10.7. The van der Waals surface area contributed by atoms with Crippen LogP contribution >= 0.6 is 11.3 Å². The molecule has 1 aromatic heterocycles. The van der Waals surface area contributed by atoms with Gasteiger partial charge in [-0.2, -0.15) is 0 Å². The van der Waals surface area contributed by atoms with E-state index in [0.29, 0.717) is 11.3 Å². The van der Waals surface area contributed by atoms with Crippen molar-refractivity contribution in [1.29, 1.82) is 0 Å². The Morgan fingerprint density at radius 2 is 2.20 bits per heavy atom. The molecule has 1 aromatic rings. The van der Waals surface area contributed by atoms with Crippen LogP contribution in [0.25, 0.3) is 0 Å². The van der Waals surface area contributed by atoms with Gasteiger partial charge in [-0.25, -0.2) is 4.79 Å². The molecule has 0 bridgehead atoms. The highest BCUT2D eigenvalue weighted by Crippen LogP contribution is 2.32. The van der Waals surface area contributed by atoms with E-state index in [-0.39, 0.29) is 15.6 Å². The number of thiophene rings is 1. The van der Waals surface area contributed by atoms with E-state index in [1.807, 2.05) is 0 Å². The highest BCUT2D eigenvalue weighted by molar-refractivity contribution is 7.17. The van der Waals surface area contributed by atoms with Crippen molar-refractivity contribution in [3.63, 3.8) is 0 Å². The van der Waals surface area contributed by atoms with Crippen molar-refractivity contribution in [2.75, 3.05) is 5.32 Å². The van der Waals surface area contributed by atoms with E-state index in [2.05, 4.69) is 5.32 Å². The van der Waals surface area contributed by atoms with Crippen LogP contribution in [-0.2, 0) is 4.79 Å². The quantitative estimate of drug-likeness (QED) is 0.601. The van der Waals surface area contributed by atoms with Crippen LogP contribution in [0.4, 0.5) is 10.7 Å². The van der Waals surface area contributed by atoms with Crippen LogP contribution in [0.2, 0.25) is 0 Å². The second kappa shape index (κ2) is 4.05. The van der Waals surface area contributed by atoms with E-state index < -0.39 is 16.8 Å². The van der Waals surface area contributed by atoms with E-state index in [1.54, 1.807) is 0 Å². The second-order valence-corrected chi connectivity index (χ2v) is 3.60. The second-order valence-electron chi connectivity index (χ2n) is 2.57. The average molecular weight is 230 g/mol. The van der Waals surface area contributed by atoms with Crippen LogP contribution < -0.4 is 5.32 Å². The minimum atomic E-state index is -1.31. The average Bonchev–Trinajstić information content (AvgIpc) is 2.46. The molecular weight excluding hydrogens is 224 g/mol. The Hall–Kier alpha value is -1.96. The first kappa shape index (κ1) is 11.1. The van der Waals surface area contributed by atoms with Gasteiger partial charge >= 0.3 is 11.0 Å². The molecule has 80 valence electrons. The summed E-state index contributed by atoms with van der Waals surface area (Å²) >= 11 is 0.504. The summed E-state index contributed by atoms with van der Waals surface area (Å²) < 4.78 is 0. The Morgan fingerprint density at radius 1 is 1.60 bits per heavy atom. The number of carboxylic acid groups (broad SMARTS) is 1. The minimum Gasteiger partial charge on any atom is -0.477 e. The van der Waals surface area contributed by atoms with Crippen molar-refractivity contribution >= 4 is 33.9 Å². The number of nitrogens with one attached hydrogen (secondary N) is 1. The molecule has 0 aromatic carbocycles. The number of carboxylic acids is 1. The number of hydrogen-bond acceptors (Lipinski definition) is 5. The van der Waals surface area contributed by atoms with E-state index in [4.69, 9.17) is 5.11 Å². The molecule has 2 N–H and O–H groups in total. The lowest BCUT2D eigenvalue weighted by Crippen LogP contribution is -2.08. The zero-order valence-corrected chi connectivity index (χ0v) is 8.33. The number of nitro groups is 1. The number of anilines is 1. The zero-order valence-electron chi connectivity index (χ0n) is 7.51. The molecular formula is C7H6N2O5S. The molecule has 0 atom stereocenters. The third-order valence-electron chi connectivity index (χ3n) is 1.40. The van der Waals surface area contributed by atoms with Crippen molar-refractivity contribution in [1.82, 2.24) is 0 Å². The maximum Gasteiger partial charge on any atom is 0.348 e. The van der Waals surface area contributed by atoms with Gasteiger partial charge in [0.25, 0.3) is 0 Å². The Balaban J connectivity index is 3.17. The van der Waals surface area contributed by atoms with Gasteiger partial charge in [-0.05, 0) is 0 Å². The van der Waals surface area contributed by atoms with E-state index >= 15 is 0 Å². The third-order valence-corrected chi connectivity index (χ3v) is 2.48. The highest BCUT2D eigenvalue weighted by Gasteiger charge is 2.21. The molecule has 0 aliphatic heterocycles. The van der Waals surface area contributed by atoms with Crippen LogP contribution in [-0.4, -0.2) is 21.9 Å². The predicted octanol–water partition coefficient (Wildman–Crippen LogP) is 1.31. The molecule has 0 saturated carbocycles. The molecule has 0 saturated heterocycles. The lowest BCUT2D eigenvalue weighted by molar-refractivity contribution is -0.380. The molecule has 0 spiro atoms. The molecule has 1 heterocycles. The SMILES string of the molecule is CC(=O)Nc1cc([N+](=O)[O-])sc1C(=O)O. The normalized spacial score (nSPS) is 9.67. The molecule has 0 aliphatic rings. The van der Waals surface area contributed by atoms with Gasteiger partial charge in [0.15, 0.2) is 0 Å². The Bertz CT molecular complexity index is 439. The van der Waals surface area contributed by atoms with Crippen molar-refractivity contribution in [3.8, 4) is 0 Å². The molecule has 0 aliphatic carbocycles. The summed E-state index contributed by atoms with van der Waals surface area (Å²) in [5.41, 5.74) is -0.0494. The molecule has 7 nitrogen and oxygen atoms in total. The monoisotopic (exact) mass is 230 g/mol. The third kappa shape index (κ3) is 2.50. The van der Waals surface area contributed by atoms with Crippen LogP contribution in [0.15, 0.2) is 6.07 Å². The van der Waals surface area contributed by atoms with Crippen molar-refractivity contribution in [3.05, 3.63) is 21.1 Å². The van der Waals surface area contributed by atoms with Gasteiger partial charge in [-0.3, -0.25) is 14.9 Å². The molecule has 1 rings (SSSR count). The molecule has 0 unspecified atom stereocenters. The summed E-state index contributed by atoms with van der Waals surface area (Å²) in [6, 6.07) is 1.02. The van der Waals surface area contributed by atoms with Gasteiger partial charge in [0, 0.05) is 6.92 Å². The summed E-state index contributed by atoms with van der Waals surface area (Å²) in [5.74, 6) is -1.79. The number of carbonyl (C=O) groups excluding carboxylic acids is 1. The first-order chi connectivity index (χ1) is 6.91.